The number of hydrogen-bond donors (Lipinski definition) is 2. The summed E-state index contributed by atoms with van der Waals surface area (Å²) in [5.74, 6) is 0.0943. The zero-order chi connectivity index (χ0) is 12.0. The van der Waals surface area contributed by atoms with Crippen LogP contribution in [-0.4, -0.2) is 16.9 Å². The first-order valence-corrected chi connectivity index (χ1v) is 6.28. The van der Waals surface area contributed by atoms with Crippen molar-refractivity contribution in [2.75, 3.05) is 11.2 Å². The van der Waals surface area contributed by atoms with E-state index in [-0.39, 0.29) is 23.3 Å². The Hall–Kier alpha value is -0.650. The second kappa shape index (κ2) is 6.83. The predicted octanol–water partition coefficient (Wildman–Crippen LogP) is 2.89. The van der Waals surface area contributed by atoms with E-state index in [2.05, 4.69) is 26.6 Å². The Bertz CT molecular complexity index is 383. The van der Waals surface area contributed by atoms with E-state index < -0.39 is 0 Å². The van der Waals surface area contributed by atoms with E-state index in [0.717, 1.165) is 10.2 Å². The summed E-state index contributed by atoms with van der Waals surface area (Å²) >= 11 is 13.7. The van der Waals surface area contributed by atoms with Crippen molar-refractivity contribution in [1.82, 2.24) is 5.32 Å². The fourth-order valence-electron chi connectivity index (χ4n) is 0.971. The lowest BCUT2D eigenvalue weighted by atomic mass is 10.3. The molecule has 2 N–H and O–H groups in total. The molecular formula is C10H10BrClN2OS. The molecule has 0 bridgehead atoms. The molecule has 86 valence electrons. The monoisotopic (exact) mass is 320 g/mol. The molecular weight excluding hydrogens is 312 g/mol. The summed E-state index contributed by atoms with van der Waals surface area (Å²) in [5.41, 5.74) is 0.819. The summed E-state index contributed by atoms with van der Waals surface area (Å²) in [4.78, 5) is 11.2. The van der Waals surface area contributed by atoms with Crippen molar-refractivity contribution in [1.29, 1.82) is 0 Å². The zero-order valence-corrected chi connectivity index (χ0v) is 11.5. The molecule has 0 aliphatic rings. The smallest absolute Gasteiger partial charge is 0.227 e. The number of rotatable bonds is 3. The standard InChI is InChI=1S/C10H10BrClN2OS/c11-7-1-3-8(4-2-7)13-10(16)14-9(15)5-6-12/h1-4H,5-6H2,(H2,13,14,15,16). The molecule has 0 saturated heterocycles. The van der Waals surface area contributed by atoms with E-state index >= 15 is 0 Å². The van der Waals surface area contributed by atoms with Gasteiger partial charge in [0.05, 0.1) is 0 Å². The van der Waals surface area contributed by atoms with Gasteiger partial charge in [-0.2, -0.15) is 0 Å². The van der Waals surface area contributed by atoms with E-state index in [0.29, 0.717) is 0 Å². The first-order valence-electron chi connectivity index (χ1n) is 4.54. The lowest BCUT2D eigenvalue weighted by molar-refractivity contribution is -0.119. The molecule has 1 amide bonds. The third-order valence-electron chi connectivity index (χ3n) is 1.68. The molecule has 0 heterocycles. The Morgan fingerprint density at radius 3 is 2.56 bits per heavy atom. The van der Waals surface area contributed by atoms with Gasteiger partial charge in [-0.25, -0.2) is 0 Å². The maximum Gasteiger partial charge on any atom is 0.227 e. The fraction of sp³-hybridized carbons (Fsp3) is 0.200. The number of alkyl halides is 1. The van der Waals surface area contributed by atoms with Crippen LogP contribution >= 0.6 is 39.7 Å². The largest absolute Gasteiger partial charge is 0.332 e. The van der Waals surface area contributed by atoms with Crippen LogP contribution in [0.2, 0.25) is 0 Å². The fourth-order valence-corrected chi connectivity index (χ4v) is 1.64. The molecule has 0 aliphatic carbocycles. The van der Waals surface area contributed by atoms with Crippen molar-refractivity contribution in [2.45, 2.75) is 6.42 Å². The molecule has 6 heteroatoms. The highest BCUT2D eigenvalue weighted by Gasteiger charge is 2.03. The first-order chi connectivity index (χ1) is 7.61. The Morgan fingerprint density at radius 1 is 1.38 bits per heavy atom. The highest BCUT2D eigenvalue weighted by atomic mass is 79.9. The van der Waals surface area contributed by atoms with E-state index in [1.165, 1.54) is 0 Å². The number of nitrogens with one attached hydrogen (secondary N) is 2. The van der Waals surface area contributed by atoms with Crippen LogP contribution in [0.3, 0.4) is 0 Å². The van der Waals surface area contributed by atoms with Crippen molar-refractivity contribution < 1.29 is 4.79 Å². The maximum absolute atomic E-state index is 11.2. The lowest BCUT2D eigenvalue weighted by Gasteiger charge is -2.08. The summed E-state index contributed by atoms with van der Waals surface area (Å²) < 4.78 is 0.982. The number of benzene rings is 1. The third kappa shape index (κ3) is 4.92. The summed E-state index contributed by atoms with van der Waals surface area (Å²) in [6.07, 6.45) is 0.254. The lowest BCUT2D eigenvalue weighted by Crippen LogP contribution is -2.34. The number of carbonyl (C=O) groups excluding carboxylic acids is 1. The Morgan fingerprint density at radius 2 is 2.00 bits per heavy atom. The quantitative estimate of drug-likeness (QED) is 0.664. The summed E-state index contributed by atoms with van der Waals surface area (Å²) in [6, 6.07) is 7.46. The minimum atomic E-state index is -0.190. The average molecular weight is 322 g/mol. The zero-order valence-electron chi connectivity index (χ0n) is 8.30. The molecule has 16 heavy (non-hydrogen) atoms. The van der Waals surface area contributed by atoms with E-state index in [4.69, 9.17) is 23.8 Å². The molecule has 0 aliphatic heterocycles. The molecule has 0 spiro atoms. The van der Waals surface area contributed by atoms with Crippen LogP contribution in [0.5, 0.6) is 0 Å². The van der Waals surface area contributed by atoms with Crippen molar-refractivity contribution in [3.63, 3.8) is 0 Å². The van der Waals surface area contributed by atoms with Gasteiger partial charge in [0, 0.05) is 22.5 Å². The van der Waals surface area contributed by atoms with Gasteiger partial charge < -0.3 is 10.6 Å². The summed E-state index contributed by atoms with van der Waals surface area (Å²) in [6.45, 7) is 0. The van der Waals surface area contributed by atoms with Gasteiger partial charge in [0.15, 0.2) is 5.11 Å². The molecule has 0 saturated carbocycles. The SMILES string of the molecule is O=C(CCCl)NC(=S)Nc1ccc(Br)cc1. The van der Waals surface area contributed by atoms with Crippen LogP contribution in [0.4, 0.5) is 5.69 Å². The van der Waals surface area contributed by atoms with E-state index in [9.17, 15) is 4.79 Å². The minimum absolute atomic E-state index is 0.190. The van der Waals surface area contributed by atoms with Gasteiger partial charge in [-0.05, 0) is 36.5 Å². The minimum Gasteiger partial charge on any atom is -0.332 e. The molecule has 0 atom stereocenters. The van der Waals surface area contributed by atoms with Gasteiger partial charge in [-0.3, -0.25) is 4.79 Å². The number of amides is 1. The van der Waals surface area contributed by atoms with Gasteiger partial charge in [0.25, 0.3) is 0 Å². The summed E-state index contributed by atoms with van der Waals surface area (Å²) in [7, 11) is 0. The van der Waals surface area contributed by atoms with Gasteiger partial charge in [0.2, 0.25) is 5.91 Å². The van der Waals surface area contributed by atoms with Crippen LogP contribution in [0, 0.1) is 0 Å². The number of hydrogen-bond acceptors (Lipinski definition) is 2. The number of anilines is 1. The molecule has 3 nitrogen and oxygen atoms in total. The third-order valence-corrected chi connectivity index (χ3v) is 2.60. The van der Waals surface area contributed by atoms with Crippen LogP contribution in [0.1, 0.15) is 6.42 Å². The van der Waals surface area contributed by atoms with Crippen molar-refractivity contribution in [2.24, 2.45) is 0 Å². The van der Waals surface area contributed by atoms with Crippen molar-refractivity contribution in [3.8, 4) is 0 Å². The molecule has 0 aromatic heterocycles. The molecule has 1 aromatic carbocycles. The number of carbonyl (C=O) groups is 1. The normalized spacial score (nSPS) is 9.62. The molecule has 0 unspecified atom stereocenters. The first kappa shape index (κ1) is 13.4. The number of thiocarbonyl (C=S) groups is 1. The van der Waals surface area contributed by atoms with Crippen LogP contribution in [0.15, 0.2) is 28.7 Å². The summed E-state index contributed by atoms with van der Waals surface area (Å²) in [5, 5.41) is 5.70. The molecule has 0 fully saturated rings. The Kier molecular flexibility index (Phi) is 5.73. The van der Waals surface area contributed by atoms with Crippen LogP contribution in [0.25, 0.3) is 0 Å². The second-order valence-electron chi connectivity index (χ2n) is 2.95. The van der Waals surface area contributed by atoms with Gasteiger partial charge in [-0.15, -0.1) is 11.6 Å². The highest BCUT2D eigenvalue weighted by Crippen LogP contribution is 2.13. The van der Waals surface area contributed by atoms with Crippen molar-refractivity contribution in [3.05, 3.63) is 28.7 Å². The maximum atomic E-state index is 11.2. The second-order valence-corrected chi connectivity index (χ2v) is 4.65. The average Bonchev–Trinajstić information content (AvgIpc) is 2.21. The van der Waals surface area contributed by atoms with Gasteiger partial charge in [-0.1, -0.05) is 15.9 Å². The van der Waals surface area contributed by atoms with Crippen LogP contribution < -0.4 is 10.6 Å². The molecule has 0 radical (unpaired) electrons. The van der Waals surface area contributed by atoms with Gasteiger partial charge >= 0.3 is 0 Å². The van der Waals surface area contributed by atoms with E-state index in [1.807, 2.05) is 24.3 Å². The number of halogens is 2. The van der Waals surface area contributed by atoms with E-state index in [1.54, 1.807) is 0 Å². The van der Waals surface area contributed by atoms with Crippen LogP contribution in [-0.2, 0) is 4.79 Å². The predicted molar refractivity (Wildman–Crippen MR) is 73.8 cm³/mol. The highest BCUT2D eigenvalue weighted by molar-refractivity contribution is 9.10. The topological polar surface area (TPSA) is 41.1 Å². The molecule has 1 aromatic rings. The Balaban J connectivity index is 2.45. The van der Waals surface area contributed by atoms with Gasteiger partial charge in [0.1, 0.15) is 0 Å². The Labute approximate surface area is 113 Å². The van der Waals surface area contributed by atoms with Crippen molar-refractivity contribution >= 4 is 56.5 Å². The molecule has 1 rings (SSSR count).